The third-order valence-electron chi connectivity index (χ3n) is 5.41. The van der Waals surface area contributed by atoms with Gasteiger partial charge >= 0.3 is 0 Å². The lowest BCUT2D eigenvalue weighted by molar-refractivity contribution is -0.170. The van der Waals surface area contributed by atoms with Crippen LogP contribution >= 0.6 is 0 Å². The van der Waals surface area contributed by atoms with E-state index >= 15 is 0 Å². The Labute approximate surface area is 153 Å². The van der Waals surface area contributed by atoms with Crippen molar-refractivity contribution in [3.05, 3.63) is 65.5 Å². The number of methoxy groups -OCH3 is 1. The van der Waals surface area contributed by atoms with E-state index in [-0.39, 0.29) is 17.8 Å². The molecule has 0 radical (unpaired) electrons. The molecule has 2 aliphatic rings. The first kappa shape index (κ1) is 17.5. The first-order chi connectivity index (χ1) is 12.7. The van der Waals surface area contributed by atoms with Gasteiger partial charge in [-0.3, -0.25) is 0 Å². The molecule has 26 heavy (non-hydrogen) atoms. The van der Waals surface area contributed by atoms with Crippen LogP contribution in [0.3, 0.4) is 0 Å². The van der Waals surface area contributed by atoms with Gasteiger partial charge in [-0.1, -0.05) is 24.3 Å². The van der Waals surface area contributed by atoms with Crippen LogP contribution in [0.2, 0.25) is 0 Å². The third kappa shape index (κ3) is 3.34. The van der Waals surface area contributed by atoms with E-state index in [2.05, 4.69) is 17.4 Å². The molecule has 0 aromatic heterocycles. The fourth-order valence-electron chi connectivity index (χ4n) is 4.10. The van der Waals surface area contributed by atoms with Crippen LogP contribution in [0.5, 0.6) is 5.75 Å². The Morgan fingerprint density at radius 1 is 1.08 bits per heavy atom. The number of hydrogen-bond donors (Lipinski definition) is 1. The number of hydrogen-bond acceptors (Lipinski definition) is 4. The van der Waals surface area contributed by atoms with Crippen molar-refractivity contribution in [2.45, 2.75) is 24.0 Å². The Bertz CT molecular complexity index is 730. The predicted octanol–water partition coefficient (Wildman–Crippen LogP) is 3.44. The minimum Gasteiger partial charge on any atom is -0.497 e. The summed E-state index contributed by atoms with van der Waals surface area (Å²) < 4.78 is 30.9. The van der Waals surface area contributed by atoms with Crippen molar-refractivity contribution in [3.8, 4) is 5.75 Å². The lowest BCUT2D eigenvalue weighted by Gasteiger charge is -2.48. The van der Waals surface area contributed by atoms with Gasteiger partial charge in [0, 0.05) is 12.5 Å². The summed E-state index contributed by atoms with van der Waals surface area (Å²) in [5.41, 5.74) is 1.81. The largest absolute Gasteiger partial charge is 0.497 e. The molecule has 1 spiro atoms. The van der Waals surface area contributed by atoms with E-state index in [4.69, 9.17) is 14.2 Å². The molecule has 2 aromatic carbocycles. The molecular weight excluding hydrogens is 333 g/mol. The van der Waals surface area contributed by atoms with Crippen LogP contribution < -0.4 is 10.1 Å². The summed E-state index contributed by atoms with van der Waals surface area (Å²) in [6, 6.07) is 14.8. The van der Waals surface area contributed by atoms with Gasteiger partial charge in [0.25, 0.3) is 0 Å². The summed E-state index contributed by atoms with van der Waals surface area (Å²) >= 11 is 0. The number of nitrogens with one attached hydrogen (secondary N) is 1. The monoisotopic (exact) mass is 357 g/mol. The topological polar surface area (TPSA) is 39.7 Å². The summed E-state index contributed by atoms with van der Waals surface area (Å²) in [4.78, 5) is 0. The summed E-state index contributed by atoms with van der Waals surface area (Å²) in [5.74, 6) is 0.869. The van der Waals surface area contributed by atoms with Crippen LogP contribution in [0.4, 0.5) is 4.39 Å². The molecular formula is C21H24FNO3. The number of halogens is 1. The van der Waals surface area contributed by atoms with Gasteiger partial charge in [-0.15, -0.1) is 0 Å². The maximum atomic E-state index is 13.3. The molecule has 0 bridgehead atoms. The van der Waals surface area contributed by atoms with Crippen molar-refractivity contribution in [1.29, 1.82) is 0 Å². The molecule has 2 aliphatic heterocycles. The second kappa shape index (κ2) is 7.35. The molecule has 0 saturated carbocycles. The van der Waals surface area contributed by atoms with Gasteiger partial charge in [0.05, 0.1) is 33.0 Å². The summed E-state index contributed by atoms with van der Waals surface area (Å²) in [6.45, 7) is 2.63. The first-order valence-corrected chi connectivity index (χ1v) is 9.05. The third-order valence-corrected chi connectivity index (χ3v) is 5.41. The van der Waals surface area contributed by atoms with Crippen molar-refractivity contribution in [3.63, 3.8) is 0 Å². The Morgan fingerprint density at radius 3 is 2.54 bits per heavy atom. The number of benzene rings is 2. The average Bonchev–Trinajstić information content (AvgIpc) is 2.69. The summed E-state index contributed by atoms with van der Waals surface area (Å²) in [7, 11) is 1.67. The van der Waals surface area contributed by atoms with Crippen LogP contribution in [0.1, 0.15) is 29.5 Å². The van der Waals surface area contributed by atoms with Gasteiger partial charge in [0.15, 0.2) is 0 Å². The van der Waals surface area contributed by atoms with Crippen molar-refractivity contribution >= 4 is 0 Å². The highest BCUT2D eigenvalue weighted by Gasteiger charge is 2.47. The fraction of sp³-hybridized carbons (Fsp3) is 0.429. The van der Waals surface area contributed by atoms with Crippen molar-refractivity contribution < 1.29 is 18.6 Å². The number of rotatable bonds is 3. The Balaban J connectivity index is 1.60. The van der Waals surface area contributed by atoms with Gasteiger partial charge in [0.1, 0.15) is 17.2 Å². The molecule has 2 aromatic rings. The Kier molecular flexibility index (Phi) is 4.94. The molecule has 2 heterocycles. The molecule has 3 atom stereocenters. The van der Waals surface area contributed by atoms with E-state index in [0.29, 0.717) is 19.8 Å². The van der Waals surface area contributed by atoms with Crippen molar-refractivity contribution in [2.24, 2.45) is 0 Å². The molecule has 5 heteroatoms. The van der Waals surface area contributed by atoms with Gasteiger partial charge in [0.2, 0.25) is 0 Å². The van der Waals surface area contributed by atoms with Gasteiger partial charge in [-0.25, -0.2) is 4.39 Å². The lowest BCUT2D eigenvalue weighted by atomic mass is 9.77. The normalized spacial score (nSPS) is 28.8. The highest BCUT2D eigenvalue weighted by atomic mass is 19.1. The minimum atomic E-state index is -0.446. The van der Waals surface area contributed by atoms with E-state index < -0.39 is 5.60 Å². The van der Waals surface area contributed by atoms with Gasteiger partial charge < -0.3 is 19.5 Å². The van der Waals surface area contributed by atoms with Crippen LogP contribution in [0.25, 0.3) is 0 Å². The first-order valence-electron chi connectivity index (χ1n) is 9.05. The van der Waals surface area contributed by atoms with E-state index in [0.717, 1.165) is 24.3 Å². The molecule has 1 N–H and O–H groups in total. The smallest absolute Gasteiger partial charge is 0.123 e. The van der Waals surface area contributed by atoms with Crippen molar-refractivity contribution in [2.75, 3.05) is 33.5 Å². The zero-order valence-corrected chi connectivity index (χ0v) is 14.9. The standard InChI is InChI=1S/C21H24FNO3/c1-24-19-8-4-15(5-9-19)17-12-21(14-25-13-17)20(23-10-11-26-21)16-2-6-18(22)7-3-16/h2-9,17,20,23H,10-14H2,1H3/t17-,20+,21?/m1/s1. The molecule has 0 aliphatic carbocycles. The highest BCUT2D eigenvalue weighted by Crippen LogP contribution is 2.43. The van der Waals surface area contributed by atoms with Crippen molar-refractivity contribution in [1.82, 2.24) is 5.32 Å². The maximum absolute atomic E-state index is 13.3. The maximum Gasteiger partial charge on any atom is 0.123 e. The second-order valence-electron chi connectivity index (χ2n) is 7.04. The Hall–Kier alpha value is -1.95. The molecule has 2 saturated heterocycles. The molecule has 4 rings (SSSR count). The quantitative estimate of drug-likeness (QED) is 0.914. The van der Waals surface area contributed by atoms with Crippen LogP contribution in [0.15, 0.2) is 48.5 Å². The van der Waals surface area contributed by atoms with Gasteiger partial charge in [-0.05, 0) is 41.8 Å². The van der Waals surface area contributed by atoms with E-state index in [9.17, 15) is 4.39 Å². The summed E-state index contributed by atoms with van der Waals surface area (Å²) in [6.07, 6.45) is 0.856. The van der Waals surface area contributed by atoms with Gasteiger partial charge in [-0.2, -0.15) is 0 Å². The second-order valence-corrected chi connectivity index (χ2v) is 7.04. The minimum absolute atomic E-state index is 0.0158. The average molecular weight is 357 g/mol. The highest BCUT2D eigenvalue weighted by molar-refractivity contribution is 5.31. The SMILES string of the molecule is COc1ccc([C@H]2COCC3(C2)OCCN[C@H]3c2ccc(F)cc2)cc1. The van der Waals surface area contributed by atoms with Crippen LogP contribution in [-0.4, -0.2) is 39.1 Å². The molecule has 1 unspecified atom stereocenters. The fourth-order valence-corrected chi connectivity index (χ4v) is 4.10. The molecule has 138 valence electrons. The number of ether oxygens (including phenoxy) is 3. The molecule has 0 amide bonds. The summed E-state index contributed by atoms with van der Waals surface area (Å²) in [5, 5.41) is 3.56. The van der Waals surface area contributed by atoms with E-state index in [1.54, 1.807) is 7.11 Å². The predicted molar refractivity (Wildman–Crippen MR) is 97.0 cm³/mol. The van der Waals surface area contributed by atoms with E-state index in [1.807, 2.05) is 24.3 Å². The zero-order chi connectivity index (χ0) is 18.0. The molecule has 2 fully saturated rings. The molecule has 4 nitrogen and oxygen atoms in total. The van der Waals surface area contributed by atoms with Crippen LogP contribution in [-0.2, 0) is 9.47 Å². The Morgan fingerprint density at radius 2 is 1.81 bits per heavy atom. The van der Waals surface area contributed by atoms with Crippen LogP contribution in [0, 0.1) is 5.82 Å². The zero-order valence-electron chi connectivity index (χ0n) is 14.9. The van der Waals surface area contributed by atoms with E-state index in [1.165, 1.54) is 17.7 Å². The lowest BCUT2D eigenvalue weighted by Crippen LogP contribution is -2.57. The number of morpholine rings is 1.